The first-order valence-corrected chi connectivity index (χ1v) is 18.2. The summed E-state index contributed by atoms with van der Waals surface area (Å²) in [7, 11) is 1.39. The molecular formula is C34H41N7O9S2. The molecule has 0 aromatic carbocycles. The van der Waals surface area contributed by atoms with Gasteiger partial charge < -0.3 is 30.9 Å². The van der Waals surface area contributed by atoms with E-state index >= 15 is 0 Å². The highest BCUT2D eigenvalue weighted by Crippen LogP contribution is 2.28. The highest BCUT2D eigenvalue weighted by atomic mass is 32.1. The first-order chi connectivity index (χ1) is 24.9. The van der Waals surface area contributed by atoms with Crippen LogP contribution in [0.5, 0.6) is 11.5 Å². The Kier molecular flexibility index (Phi) is 14.6. The summed E-state index contributed by atoms with van der Waals surface area (Å²) in [5.41, 5.74) is 8.25. The number of ketones is 1. The topological polar surface area (TPSA) is 246 Å². The van der Waals surface area contributed by atoms with Gasteiger partial charge in [-0.15, -0.1) is 0 Å². The number of carboxylic acid groups (broad SMARTS) is 2. The van der Waals surface area contributed by atoms with E-state index < -0.39 is 11.9 Å². The number of nitrogens with two attached hydrogens (primary N) is 1. The van der Waals surface area contributed by atoms with Gasteiger partial charge in [-0.1, -0.05) is 28.2 Å². The molecule has 0 atom stereocenters. The largest absolute Gasteiger partial charge is 0.505 e. The second-order valence-electron chi connectivity index (χ2n) is 11.9. The van der Waals surface area contributed by atoms with E-state index in [4.69, 9.17) is 15.9 Å². The molecule has 2 aliphatic carbocycles. The minimum Gasteiger partial charge on any atom is -0.505 e. The molecule has 16 nitrogen and oxygen atoms in total. The Balaban J connectivity index is 0.000000191. The van der Waals surface area contributed by atoms with Crippen LogP contribution < -0.4 is 5.73 Å². The number of aryl methyl sites for hydroxylation is 2. The van der Waals surface area contributed by atoms with Gasteiger partial charge in [-0.05, 0) is 64.2 Å². The number of rotatable bonds is 12. The number of methoxy groups -OCH3 is 1. The zero-order valence-corrected chi connectivity index (χ0v) is 30.2. The van der Waals surface area contributed by atoms with E-state index in [1.165, 1.54) is 63.9 Å². The van der Waals surface area contributed by atoms with Crippen molar-refractivity contribution in [3.05, 3.63) is 69.4 Å². The summed E-state index contributed by atoms with van der Waals surface area (Å²) in [6.45, 7) is 0. The Bertz CT molecular complexity index is 1920. The zero-order chi connectivity index (χ0) is 37.6. The molecule has 6 N–H and O–H groups in total. The lowest BCUT2D eigenvalue weighted by Crippen LogP contribution is -2.15. The van der Waals surface area contributed by atoms with E-state index in [9.17, 15) is 29.4 Å². The van der Waals surface area contributed by atoms with Crippen molar-refractivity contribution in [1.82, 2.24) is 29.5 Å². The number of ether oxygens (including phenoxy) is 1. The summed E-state index contributed by atoms with van der Waals surface area (Å²) in [6, 6.07) is 0. The fourth-order valence-corrected chi connectivity index (χ4v) is 7.08. The van der Waals surface area contributed by atoms with Crippen molar-refractivity contribution in [2.45, 2.75) is 83.5 Å². The van der Waals surface area contributed by atoms with E-state index in [1.807, 2.05) is 0 Å². The summed E-state index contributed by atoms with van der Waals surface area (Å²) >= 11 is 2.77. The van der Waals surface area contributed by atoms with Crippen molar-refractivity contribution in [2.24, 2.45) is 5.73 Å². The second-order valence-corrected chi connectivity index (χ2v) is 14.1. The SMILES string of the molecule is COC(=O)C1=C(N)CCCC1.O=C(CCc1cnc(-n2cc(O)cn2)s1)CC1=C(C(=O)O)CCCC1.O=C(O)CCc1cnc(-n2cc(O)cn2)s1. The number of carbonyl (C=O) groups excluding carboxylic acids is 2. The standard InChI is InChI=1S/C17H19N3O4S.C9H9N3O3S.C8H13NO2/c21-12(7-11-3-1-2-4-15(11)16(23)24)5-6-14-9-18-17(25-14)20-10-13(22)8-19-20;13-6-3-11-12(5-6)9-10-4-7(16-9)1-2-8(14)15;1-11-8(10)6-4-2-3-5-7(6)9/h8-10,22H,1-7H2,(H,23,24);3-5,13H,1-2H2,(H,14,15);2-5,9H2,1H3. The van der Waals surface area contributed by atoms with Gasteiger partial charge in [-0.2, -0.15) is 10.2 Å². The van der Waals surface area contributed by atoms with Gasteiger partial charge in [-0.3, -0.25) is 9.59 Å². The average molecular weight is 756 g/mol. The molecule has 0 unspecified atom stereocenters. The number of allylic oxidation sites excluding steroid dienone is 2. The van der Waals surface area contributed by atoms with Crippen molar-refractivity contribution in [2.75, 3.05) is 7.11 Å². The molecule has 0 saturated carbocycles. The van der Waals surface area contributed by atoms with Crippen LogP contribution in [0.2, 0.25) is 0 Å². The van der Waals surface area contributed by atoms with E-state index in [0.717, 1.165) is 53.9 Å². The van der Waals surface area contributed by atoms with Crippen LogP contribution in [0.4, 0.5) is 0 Å². The number of aromatic nitrogens is 6. The predicted molar refractivity (Wildman–Crippen MR) is 191 cm³/mol. The first-order valence-electron chi connectivity index (χ1n) is 16.5. The summed E-state index contributed by atoms with van der Waals surface area (Å²) in [6.07, 6.45) is 17.5. The Morgan fingerprint density at radius 1 is 0.769 bits per heavy atom. The molecule has 6 rings (SSSR count). The van der Waals surface area contributed by atoms with Gasteiger partial charge in [0.05, 0.1) is 43.9 Å². The number of hydrogen-bond donors (Lipinski definition) is 5. The Labute approximate surface area is 306 Å². The Hall–Kier alpha value is -5.36. The fourth-order valence-electron chi connectivity index (χ4n) is 5.40. The lowest BCUT2D eigenvalue weighted by Gasteiger charge is -2.17. The first kappa shape index (κ1) is 39.4. The number of Topliss-reactive ketones (excluding diaryl/α,β-unsaturated/α-hetero) is 1. The normalized spacial score (nSPS) is 14.2. The van der Waals surface area contributed by atoms with E-state index in [1.54, 1.807) is 12.4 Å². The molecule has 0 saturated heterocycles. The van der Waals surface area contributed by atoms with E-state index in [0.29, 0.717) is 59.2 Å². The number of thiazole rings is 2. The number of aliphatic carboxylic acids is 2. The van der Waals surface area contributed by atoms with Crippen molar-refractivity contribution >= 4 is 46.4 Å². The lowest BCUT2D eigenvalue weighted by molar-refractivity contribution is -0.137. The van der Waals surface area contributed by atoms with Gasteiger partial charge in [0, 0.05) is 46.3 Å². The van der Waals surface area contributed by atoms with Gasteiger partial charge >= 0.3 is 17.9 Å². The predicted octanol–water partition coefficient (Wildman–Crippen LogP) is 4.88. The average Bonchev–Trinajstić information content (AvgIpc) is 3.95. The van der Waals surface area contributed by atoms with Crippen molar-refractivity contribution in [3.8, 4) is 21.8 Å². The van der Waals surface area contributed by atoms with E-state index in [2.05, 4.69) is 24.9 Å². The molecular weight excluding hydrogens is 715 g/mol. The molecule has 0 spiro atoms. The third kappa shape index (κ3) is 11.9. The van der Waals surface area contributed by atoms with Crippen LogP contribution in [0.1, 0.15) is 80.4 Å². The van der Waals surface area contributed by atoms with Gasteiger partial charge in [0.25, 0.3) is 0 Å². The monoisotopic (exact) mass is 755 g/mol. The number of carboxylic acids is 2. The van der Waals surface area contributed by atoms with E-state index in [-0.39, 0.29) is 36.1 Å². The third-order valence-corrected chi connectivity index (χ3v) is 10.1. The molecule has 0 bridgehead atoms. The zero-order valence-electron chi connectivity index (χ0n) is 28.6. The van der Waals surface area contributed by atoms with Gasteiger partial charge in [0.15, 0.2) is 11.5 Å². The molecule has 52 heavy (non-hydrogen) atoms. The number of carbonyl (C=O) groups is 4. The molecule has 0 radical (unpaired) electrons. The number of hydrogen-bond acceptors (Lipinski definition) is 14. The molecule has 4 aromatic heterocycles. The highest BCUT2D eigenvalue weighted by Gasteiger charge is 2.21. The number of esters is 1. The maximum absolute atomic E-state index is 12.2. The minimum atomic E-state index is -0.892. The van der Waals surface area contributed by atoms with Crippen LogP contribution in [0.15, 0.2) is 59.6 Å². The van der Waals surface area contributed by atoms with Crippen molar-refractivity contribution in [1.29, 1.82) is 0 Å². The molecule has 0 fully saturated rings. The van der Waals surface area contributed by atoms with Crippen LogP contribution in [-0.4, -0.2) is 80.8 Å². The molecule has 4 heterocycles. The highest BCUT2D eigenvalue weighted by molar-refractivity contribution is 7.14. The van der Waals surface area contributed by atoms with Crippen molar-refractivity contribution in [3.63, 3.8) is 0 Å². The molecule has 0 aliphatic heterocycles. The smallest absolute Gasteiger partial charge is 0.335 e. The molecule has 18 heteroatoms. The second kappa shape index (κ2) is 19.3. The Morgan fingerprint density at radius 2 is 1.29 bits per heavy atom. The van der Waals surface area contributed by atoms with Gasteiger partial charge in [0.1, 0.15) is 5.78 Å². The maximum atomic E-state index is 12.2. The number of aromatic hydroxyl groups is 2. The molecule has 0 amide bonds. The van der Waals surface area contributed by atoms with Gasteiger partial charge in [-0.25, -0.2) is 28.9 Å². The third-order valence-electron chi connectivity index (χ3n) is 8.04. The summed E-state index contributed by atoms with van der Waals surface area (Å²) in [5, 5.41) is 45.3. The minimum absolute atomic E-state index is 0.0577. The van der Waals surface area contributed by atoms with Crippen LogP contribution in [0.3, 0.4) is 0 Å². The quantitative estimate of drug-likeness (QED) is 0.121. The van der Waals surface area contributed by atoms with Crippen LogP contribution >= 0.6 is 22.7 Å². The lowest BCUT2D eigenvalue weighted by atomic mass is 9.88. The summed E-state index contributed by atoms with van der Waals surface area (Å²) in [5.74, 6) is -1.78. The number of nitrogens with zero attached hydrogens (tertiary/aromatic N) is 6. The molecule has 278 valence electrons. The van der Waals surface area contributed by atoms with Crippen LogP contribution in [0.25, 0.3) is 10.3 Å². The summed E-state index contributed by atoms with van der Waals surface area (Å²) in [4.78, 5) is 55.1. The summed E-state index contributed by atoms with van der Waals surface area (Å²) < 4.78 is 7.52. The van der Waals surface area contributed by atoms with Crippen LogP contribution in [0, 0.1) is 0 Å². The fraction of sp³-hybridized carbons (Fsp3) is 0.412. The van der Waals surface area contributed by atoms with Crippen molar-refractivity contribution < 1.29 is 44.3 Å². The Morgan fingerprint density at radius 3 is 1.77 bits per heavy atom. The van der Waals surface area contributed by atoms with Gasteiger partial charge in [0.2, 0.25) is 10.3 Å². The maximum Gasteiger partial charge on any atom is 0.335 e. The molecule has 2 aliphatic rings. The molecule has 4 aromatic rings. The van der Waals surface area contributed by atoms with Crippen LogP contribution in [-0.2, 0) is 36.8 Å².